The van der Waals surface area contributed by atoms with E-state index in [0.29, 0.717) is 9.96 Å². The van der Waals surface area contributed by atoms with Crippen LogP contribution in [-0.2, 0) is 68.2 Å². The van der Waals surface area contributed by atoms with Crippen LogP contribution in [-0.4, -0.2) is 125 Å². The van der Waals surface area contributed by atoms with Crippen LogP contribution in [0, 0.1) is 0 Å². The first-order valence-electron chi connectivity index (χ1n) is 15.4. The maximum absolute atomic E-state index is 11.7. The summed E-state index contributed by atoms with van der Waals surface area (Å²) in [5.41, 5.74) is 0. The number of carbonyl (C=O) groups excluding carboxylic acids is 8. The van der Waals surface area contributed by atoms with Gasteiger partial charge in [-0.2, -0.15) is 8.42 Å². The van der Waals surface area contributed by atoms with Crippen LogP contribution in [0.1, 0.15) is 93.9 Å². The number of hydrogen-bond acceptors (Lipinski definition) is 16. The van der Waals surface area contributed by atoms with Crippen LogP contribution in [0.5, 0.6) is 0 Å². The fourth-order valence-corrected chi connectivity index (χ4v) is 4.62. The third-order valence-corrected chi connectivity index (χ3v) is 6.60. The number of imide groups is 2. The van der Waals surface area contributed by atoms with Crippen LogP contribution in [0.2, 0.25) is 0 Å². The molecule has 0 bridgehead atoms. The molecule has 0 atom stereocenters. The van der Waals surface area contributed by atoms with E-state index in [1.54, 1.807) is 20.8 Å². The summed E-state index contributed by atoms with van der Waals surface area (Å²) < 4.78 is 65.3. The number of amides is 6. The fourth-order valence-electron chi connectivity index (χ4n) is 3.19. The van der Waals surface area contributed by atoms with Crippen LogP contribution in [0.4, 0.5) is 4.79 Å². The maximum Gasteiger partial charge on any atom is 0.533 e. The van der Waals surface area contributed by atoms with Crippen molar-refractivity contribution in [3.63, 3.8) is 0 Å². The Hall–Kier alpha value is -4.22. The van der Waals surface area contributed by atoms with Gasteiger partial charge in [0, 0.05) is 45.2 Å². The topological polar surface area (TPSA) is 289 Å². The predicted octanol–water partition coefficient (Wildman–Crippen LogP) is 0.701. The number of rotatable bonds is 12. The Morgan fingerprint density at radius 1 is 0.700 bits per heavy atom. The third kappa shape index (κ3) is 21.7. The minimum Gasteiger partial charge on any atom is -0.747 e. The standard InChI is InChI=1S/C10H14N2O8S.C7H9NO5.C6H13NO4S.2C2H6/c1-2-11(6-21(17,18)19)9(15)5-10(16)20-12-7(13)3-4-8(12)14;1-2-12-7(11)13-8-5(9)3-4-6(8)10;1-3-6(8)7(4-2)5-12(9,10)11;2*1-2/h2-6H2,1H3,(H,17,18,19);2-4H2,1H3;3-5H2,1-2H3,(H,9,10,11);2*1-2H3/p-1. The molecule has 2 aliphatic rings. The van der Waals surface area contributed by atoms with Gasteiger partial charge in [-0.25, -0.2) is 18.0 Å². The molecule has 0 aliphatic carbocycles. The number of nitrogens with zero attached hydrogens (tertiary/aromatic N) is 4. The fraction of sp³-hybridized carbons (Fsp3) is 0.704. The molecule has 0 spiro atoms. The summed E-state index contributed by atoms with van der Waals surface area (Å²) in [6.07, 6.45) is -1.68. The molecule has 2 fully saturated rings. The van der Waals surface area contributed by atoms with Crippen molar-refractivity contribution in [2.75, 3.05) is 31.4 Å². The lowest BCUT2D eigenvalue weighted by atomic mass is 10.4. The average Bonchev–Trinajstić information content (AvgIpc) is 3.54. The zero-order chi connectivity index (χ0) is 39.8. The summed E-state index contributed by atoms with van der Waals surface area (Å²) in [6.45, 7) is 14.6. The number of hydrogen-bond donors (Lipinski definition) is 1. The Labute approximate surface area is 291 Å². The minimum atomic E-state index is -4.42. The van der Waals surface area contributed by atoms with E-state index in [0.717, 1.165) is 4.90 Å². The van der Waals surface area contributed by atoms with Gasteiger partial charge in [0.15, 0.2) is 0 Å². The van der Waals surface area contributed by atoms with E-state index in [2.05, 4.69) is 14.4 Å². The maximum atomic E-state index is 11.7. The first-order valence-corrected chi connectivity index (χ1v) is 18.6. The SMILES string of the molecule is CC.CC.CCC(=O)N(CC)CS(=O)(=O)[O-].CCN(CS(=O)(=O)O)C(=O)CC(=O)ON1C(=O)CCC1=O.CCOC(=O)ON1C(=O)CCC1=O. The van der Waals surface area contributed by atoms with Crippen molar-refractivity contribution in [3.8, 4) is 0 Å². The Balaban J connectivity index is -0.000000661. The van der Waals surface area contributed by atoms with Gasteiger partial charge in [-0.3, -0.25) is 38.2 Å². The quantitative estimate of drug-likeness (QED) is 0.124. The molecule has 6 amide bonds. The van der Waals surface area contributed by atoms with Crippen molar-refractivity contribution in [2.45, 2.75) is 93.9 Å². The number of hydroxylamine groups is 4. The third-order valence-electron chi connectivity index (χ3n) is 5.33. The second kappa shape index (κ2) is 25.7. The first-order chi connectivity index (χ1) is 23.2. The van der Waals surface area contributed by atoms with Crippen LogP contribution in [0.25, 0.3) is 0 Å². The van der Waals surface area contributed by atoms with E-state index in [9.17, 15) is 59.7 Å². The summed E-state index contributed by atoms with van der Waals surface area (Å²) in [4.78, 5) is 99.5. The Kier molecular flexibility index (Phi) is 25.8. The van der Waals surface area contributed by atoms with Crippen molar-refractivity contribution >= 4 is 67.8 Å². The zero-order valence-corrected chi connectivity index (χ0v) is 31.0. The molecular weight excluding hydrogens is 716 g/mol. The minimum absolute atomic E-state index is 0.0620. The monoisotopic (exact) mass is 763 g/mol. The molecule has 1 N–H and O–H groups in total. The van der Waals surface area contributed by atoms with Crippen LogP contribution in [0.3, 0.4) is 0 Å². The van der Waals surface area contributed by atoms with Crippen LogP contribution >= 0.6 is 0 Å². The highest BCUT2D eigenvalue weighted by molar-refractivity contribution is 7.85. The highest BCUT2D eigenvalue weighted by Gasteiger charge is 2.34. The van der Waals surface area contributed by atoms with Gasteiger partial charge in [0.05, 0.1) is 6.61 Å². The molecule has 2 rings (SSSR count). The summed E-state index contributed by atoms with van der Waals surface area (Å²) in [5, 5.41) is 0.729. The molecule has 2 saturated heterocycles. The smallest absolute Gasteiger partial charge is 0.533 e. The second-order valence-corrected chi connectivity index (χ2v) is 11.6. The van der Waals surface area contributed by atoms with Gasteiger partial charge in [0.1, 0.15) is 28.3 Å². The molecule has 2 aliphatic heterocycles. The summed E-state index contributed by atoms with van der Waals surface area (Å²) in [7, 11) is -8.76. The molecule has 50 heavy (non-hydrogen) atoms. The van der Waals surface area contributed by atoms with Gasteiger partial charge in [-0.15, -0.1) is 5.06 Å². The van der Waals surface area contributed by atoms with E-state index >= 15 is 0 Å². The van der Waals surface area contributed by atoms with Crippen molar-refractivity contribution in [3.05, 3.63) is 0 Å². The van der Waals surface area contributed by atoms with Crippen LogP contribution in [0.15, 0.2) is 0 Å². The molecule has 0 aromatic carbocycles. The Morgan fingerprint density at radius 3 is 1.40 bits per heavy atom. The van der Waals surface area contributed by atoms with E-state index in [1.807, 2.05) is 27.7 Å². The Bertz CT molecular complexity index is 1350. The van der Waals surface area contributed by atoms with Crippen LogP contribution < -0.4 is 0 Å². The van der Waals surface area contributed by atoms with Gasteiger partial charge >= 0.3 is 12.1 Å². The number of carbonyl (C=O) groups is 8. The van der Waals surface area contributed by atoms with E-state index in [1.165, 1.54) is 6.92 Å². The molecule has 2 heterocycles. The van der Waals surface area contributed by atoms with Crippen molar-refractivity contribution in [1.82, 2.24) is 19.9 Å². The molecular formula is C27H47N4O17S2-. The molecule has 290 valence electrons. The second-order valence-electron chi connectivity index (χ2n) is 8.83. The molecule has 0 aromatic rings. The van der Waals surface area contributed by atoms with E-state index < -0.39 is 80.1 Å². The van der Waals surface area contributed by atoms with Gasteiger partial charge in [-0.1, -0.05) is 39.7 Å². The lowest BCUT2D eigenvalue weighted by molar-refractivity contribution is -0.198. The molecule has 23 heteroatoms. The summed E-state index contributed by atoms with van der Waals surface area (Å²) in [5.74, 6) is -6.50. The van der Waals surface area contributed by atoms with Crippen molar-refractivity contribution < 1.29 is 78.7 Å². The molecule has 0 unspecified atom stereocenters. The molecule has 0 radical (unpaired) electrons. The van der Waals surface area contributed by atoms with E-state index in [4.69, 9.17) is 4.55 Å². The first kappa shape index (κ1) is 50.2. The van der Waals surface area contributed by atoms with Crippen molar-refractivity contribution in [2.24, 2.45) is 0 Å². The average molecular weight is 764 g/mol. The highest BCUT2D eigenvalue weighted by Crippen LogP contribution is 2.13. The largest absolute Gasteiger partial charge is 0.747 e. The lowest BCUT2D eigenvalue weighted by Gasteiger charge is -2.21. The summed E-state index contributed by atoms with van der Waals surface area (Å²) >= 11 is 0. The molecule has 21 nitrogen and oxygen atoms in total. The van der Waals surface area contributed by atoms with Gasteiger partial charge < -0.3 is 23.9 Å². The molecule has 0 saturated carbocycles. The lowest BCUT2D eigenvalue weighted by Crippen LogP contribution is -2.38. The zero-order valence-electron chi connectivity index (χ0n) is 29.4. The summed E-state index contributed by atoms with van der Waals surface area (Å²) in [6, 6.07) is 0. The van der Waals surface area contributed by atoms with Gasteiger partial charge in [0.2, 0.25) is 11.8 Å². The molecule has 0 aromatic heterocycles. The highest BCUT2D eigenvalue weighted by atomic mass is 32.2. The van der Waals surface area contributed by atoms with Gasteiger partial charge in [0.25, 0.3) is 33.7 Å². The normalized spacial score (nSPS) is 13.6. The van der Waals surface area contributed by atoms with Crippen molar-refractivity contribution in [1.29, 1.82) is 0 Å². The van der Waals surface area contributed by atoms with Gasteiger partial charge in [-0.05, 0) is 20.8 Å². The predicted molar refractivity (Wildman–Crippen MR) is 170 cm³/mol. The van der Waals surface area contributed by atoms with E-state index in [-0.39, 0.29) is 62.8 Å². The Morgan fingerprint density at radius 2 is 1.08 bits per heavy atom. The number of ether oxygens (including phenoxy) is 1.